The molecule has 0 aliphatic heterocycles. The van der Waals surface area contributed by atoms with Gasteiger partial charge in [-0.3, -0.25) is 4.98 Å². The maximum absolute atomic E-state index is 6.12. The van der Waals surface area contributed by atoms with E-state index in [0.29, 0.717) is 11.0 Å². The van der Waals surface area contributed by atoms with E-state index >= 15 is 0 Å². The maximum atomic E-state index is 6.12. The zero-order valence-electron chi connectivity index (χ0n) is 10.3. The Bertz CT molecular complexity index is 706. The third-order valence-electron chi connectivity index (χ3n) is 3.13. The molecule has 4 nitrogen and oxygen atoms in total. The van der Waals surface area contributed by atoms with Crippen LogP contribution in [-0.2, 0) is 13.0 Å². The summed E-state index contributed by atoms with van der Waals surface area (Å²) in [5.41, 5.74) is 8.92. The molecule has 0 unspecified atom stereocenters. The average molecular weight is 273 g/mol. The minimum atomic E-state index is 0.497. The fourth-order valence-corrected chi connectivity index (χ4v) is 2.37. The molecule has 0 aliphatic carbocycles. The lowest BCUT2D eigenvalue weighted by Crippen LogP contribution is -2.05. The number of nitrogens with two attached hydrogens (primary N) is 1. The number of anilines is 1. The highest BCUT2D eigenvalue weighted by Crippen LogP contribution is 2.25. The van der Waals surface area contributed by atoms with Crippen LogP contribution in [0.4, 0.5) is 5.95 Å². The SMILES string of the molecule is Nc1nc2c(Cl)cccc2n1CCc1ccncc1. The molecule has 0 saturated heterocycles. The normalized spacial score (nSPS) is 11.0. The summed E-state index contributed by atoms with van der Waals surface area (Å²) in [6.45, 7) is 0.771. The second kappa shape index (κ2) is 4.90. The third-order valence-corrected chi connectivity index (χ3v) is 3.44. The predicted molar refractivity (Wildman–Crippen MR) is 77.1 cm³/mol. The van der Waals surface area contributed by atoms with Crippen LogP contribution < -0.4 is 5.73 Å². The number of hydrogen-bond donors (Lipinski definition) is 1. The standard InChI is InChI=1S/C14H13ClN4/c15-11-2-1-3-12-13(11)18-14(16)19(12)9-6-10-4-7-17-8-5-10/h1-5,7-8H,6,9H2,(H2,16,18). The summed E-state index contributed by atoms with van der Waals surface area (Å²) >= 11 is 6.12. The number of hydrogen-bond acceptors (Lipinski definition) is 3. The molecule has 5 heteroatoms. The van der Waals surface area contributed by atoms with Crippen molar-refractivity contribution < 1.29 is 0 Å². The Morgan fingerprint density at radius 2 is 1.95 bits per heavy atom. The number of aromatic nitrogens is 3. The Hall–Kier alpha value is -2.07. The first-order valence-corrected chi connectivity index (χ1v) is 6.42. The van der Waals surface area contributed by atoms with Gasteiger partial charge in [0.15, 0.2) is 0 Å². The Balaban J connectivity index is 1.93. The van der Waals surface area contributed by atoms with Crippen LogP contribution in [-0.4, -0.2) is 14.5 Å². The Kier molecular flexibility index (Phi) is 3.09. The van der Waals surface area contributed by atoms with Gasteiger partial charge in [-0.25, -0.2) is 4.98 Å². The van der Waals surface area contributed by atoms with Crippen molar-refractivity contribution in [2.75, 3.05) is 5.73 Å². The molecular formula is C14H13ClN4. The van der Waals surface area contributed by atoms with Crippen molar-refractivity contribution in [2.45, 2.75) is 13.0 Å². The van der Waals surface area contributed by atoms with E-state index in [4.69, 9.17) is 17.3 Å². The molecule has 2 heterocycles. The molecule has 0 fully saturated rings. The molecule has 2 N–H and O–H groups in total. The molecule has 2 aromatic heterocycles. The Labute approximate surface area is 115 Å². The van der Waals surface area contributed by atoms with E-state index in [0.717, 1.165) is 24.0 Å². The van der Waals surface area contributed by atoms with Crippen molar-refractivity contribution in [1.82, 2.24) is 14.5 Å². The Morgan fingerprint density at radius 3 is 2.74 bits per heavy atom. The zero-order chi connectivity index (χ0) is 13.2. The van der Waals surface area contributed by atoms with Crippen LogP contribution in [0.5, 0.6) is 0 Å². The number of nitrogen functional groups attached to an aromatic ring is 1. The highest BCUT2D eigenvalue weighted by atomic mass is 35.5. The van der Waals surface area contributed by atoms with Gasteiger partial charge in [0.2, 0.25) is 5.95 Å². The van der Waals surface area contributed by atoms with Gasteiger partial charge < -0.3 is 10.3 Å². The summed E-state index contributed by atoms with van der Waals surface area (Å²) < 4.78 is 1.99. The topological polar surface area (TPSA) is 56.7 Å². The molecule has 0 saturated carbocycles. The smallest absolute Gasteiger partial charge is 0.201 e. The fourth-order valence-electron chi connectivity index (χ4n) is 2.16. The first-order chi connectivity index (χ1) is 9.25. The van der Waals surface area contributed by atoms with Gasteiger partial charge in [-0.1, -0.05) is 17.7 Å². The van der Waals surface area contributed by atoms with Crippen LogP contribution in [0.1, 0.15) is 5.56 Å². The number of pyridine rings is 1. The minimum Gasteiger partial charge on any atom is -0.369 e. The number of imidazole rings is 1. The molecule has 0 bridgehead atoms. The average Bonchev–Trinajstić information content (AvgIpc) is 2.75. The summed E-state index contributed by atoms with van der Waals surface area (Å²) in [5.74, 6) is 0.497. The van der Waals surface area contributed by atoms with Gasteiger partial charge in [0.25, 0.3) is 0 Å². The largest absolute Gasteiger partial charge is 0.369 e. The quantitative estimate of drug-likeness (QED) is 0.798. The lowest BCUT2D eigenvalue weighted by atomic mass is 10.2. The summed E-state index contributed by atoms with van der Waals surface area (Å²) in [7, 11) is 0. The van der Waals surface area contributed by atoms with Crippen LogP contribution in [0.25, 0.3) is 11.0 Å². The van der Waals surface area contributed by atoms with E-state index in [2.05, 4.69) is 9.97 Å². The van der Waals surface area contributed by atoms with E-state index in [1.165, 1.54) is 5.56 Å². The van der Waals surface area contributed by atoms with Gasteiger partial charge in [-0.2, -0.15) is 0 Å². The van der Waals surface area contributed by atoms with Gasteiger partial charge in [-0.15, -0.1) is 0 Å². The first-order valence-electron chi connectivity index (χ1n) is 6.05. The van der Waals surface area contributed by atoms with Crippen molar-refractivity contribution in [1.29, 1.82) is 0 Å². The summed E-state index contributed by atoms with van der Waals surface area (Å²) in [6, 6.07) is 9.72. The van der Waals surface area contributed by atoms with Crippen molar-refractivity contribution in [3.8, 4) is 0 Å². The molecule has 3 aromatic rings. The highest BCUT2D eigenvalue weighted by molar-refractivity contribution is 6.35. The molecular weight excluding hydrogens is 260 g/mol. The molecule has 96 valence electrons. The number of aryl methyl sites for hydroxylation is 2. The van der Waals surface area contributed by atoms with Crippen LogP contribution in [0.3, 0.4) is 0 Å². The minimum absolute atomic E-state index is 0.497. The van der Waals surface area contributed by atoms with Gasteiger partial charge >= 0.3 is 0 Å². The predicted octanol–water partition coefficient (Wildman–Crippen LogP) is 2.91. The van der Waals surface area contributed by atoms with Crippen molar-refractivity contribution in [3.05, 3.63) is 53.3 Å². The molecule has 3 rings (SSSR count). The van der Waals surface area contributed by atoms with Gasteiger partial charge in [0.1, 0.15) is 5.52 Å². The van der Waals surface area contributed by atoms with Gasteiger partial charge in [0.05, 0.1) is 10.5 Å². The second-order valence-electron chi connectivity index (χ2n) is 4.33. The van der Waals surface area contributed by atoms with Crippen molar-refractivity contribution >= 4 is 28.6 Å². The van der Waals surface area contributed by atoms with Crippen LogP contribution in [0, 0.1) is 0 Å². The van der Waals surface area contributed by atoms with E-state index in [-0.39, 0.29) is 0 Å². The third kappa shape index (κ3) is 2.27. The number of benzene rings is 1. The van der Waals surface area contributed by atoms with E-state index in [1.54, 1.807) is 12.4 Å². The lowest BCUT2D eigenvalue weighted by molar-refractivity contribution is 0.725. The van der Waals surface area contributed by atoms with Gasteiger partial charge in [-0.05, 0) is 36.2 Å². The molecule has 0 atom stereocenters. The number of rotatable bonds is 3. The zero-order valence-corrected chi connectivity index (χ0v) is 11.0. The van der Waals surface area contributed by atoms with Crippen LogP contribution in [0.15, 0.2) is 42.7 Å². The van der Waals surface area contributed by atoms with E-state index < -0.39 is 0 Å². The molecule has 0 spiro atoms. The van der Waals surface area contributed by atoms with Crippen LogP contribution in [0.2, 0.25) is 5.02 Å². The monoisotopic (exact) mass is 272 g/mol. The summed E-state index contributed by atoms with van der Waals surface area (Å²) in [6.07, 6.45) is 4.47. The molecule has 1 aromatic carbocycles. The van der Waals surface area contributed by atoms with Crippen molar-refractivity contribution in [2.24, 2.45) is 0 Å². The van der Waals surface area contributed by atoms with E-state index in [9.17, 15) is 0 Å². The van der Waals surface area contributed by atoms with Gasteiger partial charge in [0, 0.05) is 18.9 Å². The lowest BCUT2D eigenvalue weighted by Gasteiger charge is -2.06. The second-order valence-corrected chi connectivity index (χ2v) is 4.74. The van der Waals surface area contributed by atoms with Crippen LogP contribution >= 0.6 is 11.6 Å². The number of fused-ring (bicyclic) bond motifs is 1. The molecule has 0 amide bonds. The van der Waals surface area contributed by atoms with Crippen molar-refractivity contribution in [3.63, 3.8) is 0 Å². The highest BCUT2D eigenvalue weighted by Gasteiger charge is 2.10. The first kappa shape index (κ1) is 12.0. The number of para-hydroxylation sites is 1. The summed E-state index contributed by atoms with van der Waals surface area (Å²) in [5, 5.41) is 0.631. The van der Waals surface area contributed by atoms with E-state index in [1.807, 2.05) is 34.9 Å². The molecule has 0 radical (unpaired) electrons. The Morgan fingerprint density at radius 1 is 1.16 bits per heavy atom. The molecule has 19 heavy (non-hydrogen) atoms. The number of nitrogens with zero attached hydrogens (tertiary/aromatic N) is 3. The molecule has 0 aliphatic rings. The fraction of sp³-hybridized carbons (Fsp3) is 0.143. The number of halogens is 1. The maximum Gasteiger partial charge on any atom is 0.201 e. The summed E-state index contributed by atoms with van der Waals surface area (Å²) in [4.78, 5) is 8.33.